The second-order valence-corrected chi connectivity index (χ2v) is 8.05. The molecule has 0 spiro atoms. The molecule has 0 bridgehead atoms. The third-order valence-corrected chi connectivity index (χ3v) is 4.59. The van der Waals surface area contributed by atoms with Gasteiger partial charge in [0.25, 0.3) is 0 Å². The highest BCUT2D eigenvalue weighted by Gasteiger charge is 2.21. The smallest absolute Gasteiger partial charge is 0.458 e. The van der Waals surface area contributed by atoms with E-state index >= 15 is 0 Å². The fourth-order valence-corrected chi connectivity index (χ4v) is 2.78. The Morgan fingerprint density at radius 2 is 1.51 bits per heavy atom. The Balaban J connectivity index is 2.73. The van der Waals surface area contributed by atoms with E-state index in [4.69, 9.17) is 29.4 Å². The van der Waals surface area contributed by atoms with Gasteiger partial charge in [-0.3, -0.25) is 14.4 Å². The Kier molecular flexibility index (Phi) is 14.1. The highest BCUT2D eigenvalue weighted by Crippen LogP contribution is 2.30. The van der Waals surface area contributed by atoms with Crippen molar-refractivity contribution < 1.29 is 42.9 Å². The van der Waals surface area contributed by atoms with Crippen molar-refractivity contribution in [2.45, 2.75) is 84.8 Å². The van der Waals surface area contributed by atoms with E-state index in [-0.39, 0.29) is 44.0 Å². The largest absolute Gasteiger partial charge is 0.508 e. The van der Waals surface area contributed by atoms with Gasteiger partial charge in [0.15, 0.2) is 11.5 Å². The maximum absolute atomic E-state index is 12.4. The van der Waals surface area contributed by atoms with Crippen LogP contribution in [0.5, 0.6) is 11.5 Å². The molecule has 35 heavy (non-hydrogen) atoms. The minimum Gasteiger partial charge on any atom is -0.458 e. The Morgan fingerprint density at radius 3 is 2.11 bits per heavy atom. The molecular weight excluding hydrogens is 458 g/mol. The molecule has 1 aromatic rings. The van der Waals surface area contributed by atoms with Crippen LogP contribution in [-0.4, -0.2) is 49.4 Å². The second kappa shape index (κ2) is 16.5. The zero-order valence-electron chi connectivity index (χ0n) is 21.0. The molecule has 196 valence electrons. The van der Waals surface area contributed by atoms with E-state index in [2.05, 4.69) is 0 Å². The van der Waals surface area contributed by atoms with Crippen molar-refractivity contribution in [2.75, 3.05) is 13.2 Å². The first-order chi connectivity index (χ1) is 16.7. The molecule has 2 atom stereocenters. The quantitative estimate of drug-likeness (QED) is 0.217. The van der Waals surface area contributed by atoms with Crippen LogP contribution in [0, 0.1) is 0 Å². The maximum Gasteiger partial charge on any atom is 0.508 e. The molecule has 10 nitrogen and oxygen atoms in total. The van der Waals surface area contributed by atoms with Gasteiger partial charge in [-0.2, -0.15) is 0 Å². The van der Waals surface area contributed by atoms with E-state index in [1.165, 1.54) is 12.1 Å². The van der Waals surface area contributed by atoms with Crippen LogP contribution >= 0.6 is 0 Å². The van der Waals surface area contributed by atoms with Gasteiger partial charge >= 0.3 is 24.1 Å². The number of carbonyl (C=O) groups is 4. The molecule has 0 fully saturated rings. The lowest BCUT2D eigenvalue weighted by Gasteiger charge is -2.17. The zero-order chi connectivity index (χ0) is 26.2. The Bertz CT molecular complexity index is 840. The predicted molar refractivity (Wildman–Crippen MR) is 127 cm³/mol. The number of hydrogen-bond acceptors (Lipinski definition) is 10. The predicted octanol–water partition coefficient (Wildman–Crippen LogP) is 3.85. The van der Waals surface area contributed by atoms with E-state index in [0.29, 0.717) is 18.4 Å². The van der Waals surface area contributed by atoms with E-state index in [9.17, 15) is 19.2 Å². The van der Waals surface area contributed by atoms with Crippen molar-refractivity contribution >= 4 is 24.1 Å². The number of nitrogens with two attached hydrogens (primary N) is 1. The third kappa shape index (κ3) is 12.2. The van der Waals surface area contributed by atoms with Gasteiger partial charge in [-0.1, -0.05) is 33.3 Å². The van der Waals surface area contributed by atoms with Gasteiger partial charge < -0.3 is 29.4 Å². The Hall–Kier alpha value is -3.14. The van der Waals surface area contributed by atoms with Gasteiger partial charge in [0.1, 0.15) is 18.8 Å². The molecule has 1 rings (SSSR count). The van der Waals surface area contributed by atoms with Crippen LogP contribution in [0.2, 0.25) is 0 Å². The fourth-order valence-electron chi connectivity index (χ4n) is 2.78. The van der Waals surface area contributed by atoms with Crippen LogP contribution in [0.3, 0.4) is 0 Å². The highest BCUT2D eigenvalue weighted by atomic mass is 16.7. The summed E-state index contributed by atoms with van der Waals surface area (Å²) in [7, 11) is 0. The summed E-state index contributed by atoms with van der Waals surface area (Å²) in [5.74, 6) is -1.41. The summed E-state index contributed by atoms with van der Waals surface area (Å²) in [5.41, 5.74) is 6.57. The molecule has 1 aromatic carbocycles. The first-order valence-corrected chi connectivity index (χ1v) is 12.0. The Labute approximate surface area is 206 Å². The summed E-state index contributed by atoms with van der Waals surface area (Å²) in [4.78, 5) is 47.8. The van der Waals surface area contributed by atoms with Gasteiger partial charge in [-0.05, 0) is 50.3 Å². The minimum absolute atomic E-state index is 0.0764. The number of rotatable bonds is 15. The average Bonchev–Trinajstić information content (AvgIpc) is 2.79. The molecule has 2 N–H and O–H groups in total. The molecule has 0 heterocycles. The molecule has 0 aliphatic heterocycles. The summed E-state index contributed by atoms with van der Waals surface area (Å²) >= 11 is 0. The standard InChI is InChI=1S/C25H37NO9/c1-5-8-13-31-25(30)32-16-17(4)33-24(29)19(26)14-18-11-12-20(34-22(27)9-6-2)21(15-18)35-23(28)10-7-3/h11-12,15,17,19H,5-10,13-14,16,26H2,1-4H3/t17-,19-/m0/s1. The monoisotopic (exact) mass is 495 g/mol. The third-order valence-electron chi connectivity index (χ3n) is 4.59. The normalized spacial score (nSPS) is 12.3. The molecule has 0 aliphatic carbocycles. The molecule has 0 aromatic heterocycles. The van der Waals surface area contributed by atoms with Crippen molar-refractivity contribution in [1.29, 1.82) is 0 Å². The molecular formula is C25H37NO9. The molecule has 0 radical (unpaired) electrons. The van der Waals surface area contributed by atoms with Crippen molar-refractivity contribution in [3.05, 3.63) is 23.8 Å². The number of carbonyl (C=O) groups excluding carboxylic acids is 4. The zero-order valence-corrected chi connectivity index (χ0v) is 21.0. The Morgan fingerprint density at radius 1 is 0.886 bits per heavy atom. The summed E-state index contributed by atoms with van der Waals surface area (Å²) in [6, 6.07) is 3.60. The minimum atomic E-state index is -1.03. The SMILES string of the molecule is CCCCOC(=O)OC[C@H](C)OC(=O)[C@@H](N)Cc1ccc(OC(=O)CCC)c(OC(=O)CCC)c1. The fraction of sp³-hybridized carbons (Fsp3) is 0.600. The first kappa shape index (κ1) is 29.9. The van der Waals surface area contributed by atoms with Crippen LogP contribution in [0.4, 0.5) is 4.79 Å². The van der Waals surface area contributed by atoms with Gasteiger partial charge in [-0.25, -0.2) is 4.79 Å². The highest BCUT2D eigenvalue weighted by molar-refractivity contribution is 5.77. The molecule has 0 saturated heterocycles. The lowest BCUT2D eigenvalue weighted by atomic mass is 10.1. The van der Waals surface area contributed by atoms with Gasteiger partial charge in [0.05, 0.1) is 6.61 Å². The number of esters is 3. The average molecular weight is 496 g/mol. The van der Waals surface area contributed by atoms with E-state index in [1.807, 2.05) is 20.8 Å². The van der Waals surface area contributed by atoms with Gasteiger partial charge in [0.2, 0.25) is 0 Å². The van der Waals surface area contributed by atoms with E-state index in [0.717, 1.165) is 12.8 Å². The second-order valence-electron chi connectivity index (χ2n) is 8.05. The summed E-state index contributed by atoms with van der Waals surface area (Å²) in [6.07, 6.45) is 1.77. The lowest BCUT2D eigenvalue weighted by molar-refractivity contribution is -0.152. The first-order valence-electron chi connectivity index (χ1n) is 12.0. The number of ether oxygens (including phenoxy) is 5. The molecule has 0 unspecified atom stereocenters. The lowest BCUT2D eigenvalue weighted by Crippen LogP contribution is -2.37. The topological polar surface area (TPSA) is 140 Å². The summed E-state index contributed by atoms with van der Waals surface area (Å²) in [5, 5.41) is 0. The van der Waals surface area contributed by atoms with Crippen molar-refractivity contribution in [1.82, 2.24) is 0 Å². The molecule has 0 saturated carbocycles. The molecule has 0 amide bonds. The molecule has 10 heteroatoms. The van der Waals surface area contributed by atoms with Crippen LogP contribution in [0.1, 0.15) is 71.8 Å². The number of benzene rings is 1. The van der Waals surface area contributed by atoms with Gasteiger partial charge in [0, 0.05) is 12.8 Å². The van der Waals surface area contributed by atoms with Crippen molar-refractivity contribution in [2.24, 2.45) is 5.73 Å². The summed E-state index contributed by atoms with van der Waals surface area (Å²) < 4.78 is 25.7. The number of hydrogen-bond donors (Lipinski definition) is 1. The van der Waals surface area contributed by atoms with Crippen molar-refractivity contribution in [3.63, 3.8) is 0 Å². The van der Waals surface area contributed by atoms with Crippen LogP contribution in [0.15, 0.2) is 18.2 Å². The molecule has 0 aliphatic rings. The van der Waals surface area contributed by atoms with Crippen LogP contribution in [0.25, 0.3) is 0 Å². The van der Waals surface area contributed by atoms with Gasteiger partial charge in [-0.15, -0.1) is 0 Å². The van der Waals surface area contributed by atoms with E-state index in [1.54, 1.807) is 13.0 Å². The van der Waals surface area contributed by atoms with Crippen LogP contribution in [-0.2, 0) is 35.0 Å². The van der Waals surface area contributed by atoms with Crippen molar-refractivity contribution in [3.8, 4) is 11.5 Å². The number of unbranched alkanes of at least 4 members (excludes halogenated alkanes) is 1. The van der Waals surface area contributed by atoms with Crippen LogP contribution < -0.4 is 15.2 Å². The summed E-state index contributed by atoms with van der Waals surface area (Å²) in [6.45, 7) is 7.31. The van der Waals surface area contributed by atoms with E-state index < -0.39 is 36.2 Å². The maximum atomic E-state index is 12.4.